The Hall–Kier alpha value is -1.05. The quantitative estimate of drug-likeness (QED) is 0.639. The summed E-state index contributed by atoms with van der Waals surface area (Å²) in [4.78, 5) is 0. The van der Waals surface area contributed by atoms with E-state index in [-0.39, 0.29) is 0 Å². The maximum absolute atomic E-state index is 13.5. The van der Waals surface area contributed by atoms with Crippen molar-refractivity contribution in [1.82, 2.24) is 0 Å². The van der Waals surface area contributed by atoms with Crippen LogP contribution >= 0.6 is 0 Å². The Labute approximate surface area is 72.4 Å². The second kappa shape index (κ2) is 2.77. The van der Waals surface area contributed by atoms with Gasteiger partial charge in [0.05, 0.1) is 0 Å². The molecule has 0 heterocycles. The second-order valence-corrected chi connectivity index (χ2v) is 3.56. The van der Waals surface area contributed by atoms with Crippen LogP contribution < -0.4 is 5.73 Å². The molecule has 1 rings (SSSR count). The molecule has 0 aliphatic heterocycles. The predicted molar refractivity (Wildman–Crippen MR) is 49.7 cm³/mol. The van der Waals surface area contributed by atoms with E-state index in [1.807, 2.05) is 13.0 Å². The van der Waals surface area contributed by atoms with Crippen molar-refractivity contribution in [1.29, 1.82) is 0 Å². The molecule has 1 aromatic carbocycles. The van der Waals surface area contributed by atoms with Crippen LogP contribution in [0.25, 0.3) is 0 Å². The van der Waals surface area contributed by atoms with Crippen LogP contribution in [0.1, 0.15) is 25.0 Å². The van der Waals surface area contributed by atoms with E-state index in [0.717, 1.165) is 5.56 Å². The van der Waals surface area contributed by atoms with Crippen molar-refractivity contribution in [2.75, 3.05) is 5.73 Å². The molecule has 0 aliphatic carbocycles. The van der Waals surface area contributed by atoms with Gasteiger partial charge in [0.1, 0.15) is 5.67 Å². The summed E-state index contributed by atoms with van der Waals surface area (Å²) in [5, 5.41) is 0. The minimum Gasteiger partial charge on any atom is -0.398 e. The zero-order chi connectivity index (χ0) is 9.35. The van der Waals surface area contributed by atoms with Gasteiger partial charge >= 0.3 is 0 Å². The van der Waals surface area contributed by atoms with E-state index in [0.29, 0.717) is 11.3 Å². The Morgan fingerprint density at radius 1 is 1.33 bits per heavy atom. The van der Waals surface area contributed by atoms with Gasteiger partial charge in [-0.1, -0.05) is 17.7 Å². The first-order chi connectivity index (χ1) is 5.41. The van der Waals surface area contributed by atoms with Crippen LogP contribution in [0.15, 0.2) is 18.2 Å². The van der Waals surface area contributed by atoms with Gasteiger partial charge in [0.2, 0.25) is 0 Å². The highest BCUT2D eigenvalue weighted by molar-refractivity contribution is 5.51. The smallest absolute Gasteiger partial charge is 0.132 e. The van der Waals surface area contributed by atoms with E-state index >= 15 is 0 Å². The highest BCUT2D eigenvalue weighted by atomic mass is 19.1. The van der Waals surface area contributed by atoms with Gasteiger partial charge < -0.3 is 5.73 Å². The van der Waals surface area contributed by atoms with E-state index < -0.39 is 5.67 Å². The monoisotopic (exact) mass is 167 g/mol. The number of benzene rings is 1. The molecule has 2 N–H and O–H groups in total. The van der Waals surface area contributed by atoms with Crippen molar-refractivity contribution in [2.24, 2.45) is 0 Å². The molecule has 0 unspecified atom stereocenters. The van der Waals surface area contributed by atoms with E-state index in [2.05, 4.69) is 0 Å². The average Bonchev–Trinajstić information content (AvgIpc) is 1.92. The summed E-state index contributed by atoms with van der Waals surface area (Å²) in [6.07, 6.45) is 0. The third-order valence-electron chi connectivity index (χ3n) is 1.85. The lowest BCUT2D eigenvalue weighted by molar-refractivity contribution is 0.222. The molecule has 1 nitrogen and oxygen atoms in total. The lowest BCUT2D eigenvalue weighted by Gasteiger charge is -2.17. The van der Waals surface area contributed by atoms with Crippen LogP contribution in [0.3, 0.4) is 0 Å². The zero-order valence-electron chi connectivity index (χ0n) is 7.69. The molecule has 0 bridgehead atoms. The summed E-state index contributed by atoms with van der Waals surface area (Å²) < 4.78 is 13.5. The molecule has 0 saturated carbocycles. The second-order valence-electron chi connectivity index (χ2n) is 3.56. The van der Waals surface area contributed by atoms with Crippen molar-refractivity contribution < 1.29 is 4.39 Å². The summed E-state index contributed by atoms with van der Waals surface area (Å²) >= 11 is 0. The van der Waals surface area contributed by atoms with E-state index in [9.17, 15) is 4.39 Å². The number of anilines is 1. The van der Waals surface area contributed by atoms with E-state index in [4.69, 9.17) is 5.73 Å². The Morgan fingerprint density at radius 3 is 2.33 bits per heavy atom. The van der Waals surface area contributed by atoms with Crippen LogP contribution in [0.4, 0.5) is 10.1 Å². The highest BCUT2D eigenvalue weighted by Gasteiger charge is 2.21. The maximum Gasteiger partial charge on any atom is 0.132 e. The fraction of sp³-hybridized carbons (Fsp3) is 0.400. The van der Waals surface area contributed by atoms with Crippen molar-refractivity contribution in [3.8, 4) is 0 Å². The summed E-state index contributed by atoms with van der Waals surface area (Å²) in [5.74, 6) is 0. The molecule has 0 atom stereocenters. The number of aryl methyl sites for hydroxylation is 1. The highest BCUT2D eigenvalue weighted by Crippen LogP contribution is 2.29. The normalized spacial score (nSPS) is 11.7. The molecular weight excluding hydrogens is 153 g/mol. The lowest BCUT2D eigenvalue weighted by Crippen LogP contribution is -2.12. The van der Waals surface area contributed by atoms with Gasteiger partial charge in [-0.05, 0) is 26.8 Å². The fourth-order valence-corrected chi connectivity index (χ4v) is 1.18. The van der Waals surface area contributed by atoms with Crippen molar-refractivity contribution in [3.63, 3.8) is 0 Å². The van der Waals surface area contributed by atoms with Gasteiger partial charge in [0, 0.05) is 11.3 Å². The third-order valence-corrected chi connectivity index (χ3v) is 1.85. The Morgan fingerprint density at radius 2 is 1.92 bits per heavy atom. The number of hydrogen-bond donors (Lipinski definition) is 1. The molecule has 0 amide bonds. The van der Waals surface area contributed by atoms with E-state index in [1.54, 1.807) is 12.1 Å². The molecule has 0 saturated heterocycles. The summed E-state index contributed by atoms with van der Waals surface area (Å²) in [7, 11) is 0. The Balaban J connectivity index is 3.23. The van der Waals surface area contributed by atoms with E-state index in [1.165, 1.54) is 13.8 Å². The van der Waals surface area contributed by atoms with Crippen LogP contribution in [-0.4, -0.2) is 0 Å². The first-order valence-electron chi connectivity index (χ1n) is 3.97. The lowest BCUT2D eigenvalue weighted by atomic mass is 9.97. The van der Waals surface area contributed by atoms with Crippen molar-refractivity contribution in [2.45, 2.75) is 26.4 Å². The van der Waals surface area contributed by atoms with Crippen LogP contribution in [-0.2, 0) is 5.67 Å². The summed E-state index contributed by atoms with van der Waals surface area (Å²) in [6, 6.07) is 5.41. The van der Waals surface area contributed by atoms with Crippen molar-refractivity contribution >= 4 is 5.69 Å². The zero-order valence-corrected chi connectivity index (χ0v) is 7.69. The van der Waals surface area contributed by atoms with Gasteiger partial charge in [-0.15, -0.1) is 0 Å². The number of nitrogens with two attached hydrogens (primary N) is 1. The molecule has 0 aromatic heterocycles. The molecule has 66 valence electrons. The number of hydrogen-bond acceptors (Lipinski definition) is 1. The van der Waals surface area contributed by atoms with Crippen molar-refractivity contribution in [3.05, 3.63) is 29.3 Å². The molecule has 0 radical (unpaired) electrons. The minimum absolute atomic E-state index is 0.521. The van der Waals surface area contributed by atoms with Gasteiger partial charge in [-0.25, -0.2) is 4.39 Å². The van der Waals surface area contributed by atoms with Crippen LogP contribution in [0.2, 0.25) is 0 Å². The van der Waals surface area contributed by atoms with Gasteiger partial charge in [0.25, 0.3) is 0 Å². The molecule has 0 aliphatic rings. The van der Waals surface area contributed by atoms with Gasteiger partial charge in [0.15, 0.2) is 0 Å². The van der Waals surface area contributed by atoms with Gasteiger partial charge in [-0.3, -0.25) is 0 Å². The Kier molecular flexibility index (Phi) is 2.09. The largest absolute Gasteiger partial charge is 0.398 e. The maximum atomic E-state index is 13.5. The number of alkyl halides is 1. The molecule has 0 spiro atoms. The topological polar surface area (TPSA) is 26.0 Å². The molecule has 0 fully saturated rings. The average molecular weight is 167 g/mol. The fourth-order valence-electron chi connectivity index (χ4n) is 1.18. The number of nitrogen functional groups attached to an aromatic ring is 1. The first-order valence-corrected chi connectivity index (χ1v) is 3.97. The minimum atomic E-state index is -1.35. The molecule has 12 heavy (non-hydrogen) atoms. The third kappa shape index (κ3) is 1.76. The molecular formula is C10H14FN. The first kappa shape index (κ1) is 9.04. The molecule has 2 heteroatoms. The Bertz CT molecular complexity index is 286. The number of rotatable bonds is 1. The predicted octanol–water partition coefficient (Wildman–Crippen LogP) is 2.78. The number of halogens is 1. The van der Waals surface area contributed by atoms with Crippen LogP contribution in [0.5, 0.6) is 0 Å². The van der Waals surface area contributed by atoms with Crippen LogP contribution in [0, 0.1) is 6.92 Å². The van der Waals surface area contributed by atoms with Gasteiger partial charge in [-0.2, -0.15) is 0 Å². The standard InChI is InChI=1S/C10H14FN/c1-7-4-5-9(12)8(6-7)10(2,3)11/h4-6H,12H2,1-3H3. The summed E-state index contributed by atoms with van der Waals surface area (Å²) in [5.41, 5.74) is 6.41. The summed E-state index contributed by atoms with van der Waals surface area (Å²) in [6.45, 7) is 4.95. The SMILES string of the molecule is Cc1ccc(N)c(C(C)(C)F)c1. The molecule has 1 aromatic rings.